The second-order valence-electron chi connectivity index (χ2n) is 13.4. The summed E-state index contributed by atoms with van der Waals surface area (Å²) < 4.78 is 84.7. The van der Waals surface area contributed by atoms with Gasteiger partial charge in [-0.1, -0.05) is 58.0 Å². The first-order valence-electron chi connectivity index (χ1n) is 19.3. The Labute approximate surface area is 350 Å². The summed E-state index contributed by atoms with van der Waals surface area (Å²) >= 11 is 0. The number of carboxylic acid groups (broad SMARTS) is 1. The third kappa shape index (κ3) is 12.6. The number of rotatable bonds is 14. The third-order valence-corrected chi connectivity index (χ3v) is 13.7. The van der Waals surface area contributed by atoms with Crippen molar-refractivity contribution in [3.63, 3.8) is 0 Å². The van der Waals surface area contributed by atoms with Crippen LogP contribution in [0.15, 0.2) is 64.4 Å². The highest BCUT2D eigenvalue weighted by molar-refractivity contribution is 7.89. The van der Waals surface area contributed by atoms with Gasteiger partial charge in [0.2, 0.25) is 20.0 Å². The van der Waals surface area contributed by atoms with Crippen LogP contribution in [0.5, 0.6) is 23.0 Å². The molecule has 5 N–H and O–H groups in total. The van der Waals surface area contributed by atoms with E-state index in [-0.39, 0.29) is 63.3 Å². The number of amides is 1. The lowest BCUT2D eigenvalue weighted by atomic mass is 10.1. The number of benzene rings is 3. The fourth-order valence-corrected chi connectivity index (χ4v) is 9.77. The molecule has 22 heteroatoms. The molecule has 19 nitrogen and oxygen atoms in total. The van der Waals surface area contributed by atoms with Crippen LogP contribution in [-0.2, 0) is 31.2 Å². The van der Waals surface area contributed by atoms with Gasteiger partial charge in [-0.05, 0) is 37.1 Å². The van der Waals surface area contributed by atoms with Gasteiger partial charge in [0.15, 0.2) is 23.0 Å². The number of likely N-dealkylation sites (tertiary alicyclic amines) is 1. The number of carboxylic acids is 1. The average molecular weight is 901 g/mol. The van der Waals surface area contributed by atoms with E-state index in [4.69, 9.17) is 38.2 Å². The molecular formula is C38H53N4O15PS2. The Hall–Kier alpha value is -4.31. The van der Waals surface area contributed by atoms with E-state index in [1.807, 2.05) is 18.2 Å². The van der Waals surface area contributed by atoms with E-state index in [1.54, 1.807) is 27.7 Å². The maximum Gasteiger partial charge on any atom is 0.466 e. The van der Waals surface area contributed by atoms with Crippen LogP contribution < -0.4 is 24.3 Å². The molecule has 3 aliphatic heterocycles. The van der Waals surface area contributed by atoms with E-state index in [0.29, 0.717) is 51.7 Å². The van der Waals surface area contributed by atoms with E-state index in [2.05, 4.69) is 22.3 Å². The van der Waals surface area contributed by atoms with Crippen LogP contribution in [0.4, 0.5) is 0 Å². The highest BCUT2D eigenvalue weighted by Gasteiger charge is 2.32. The number of phosphoric acid groups is 1. The summed E-state index contributed by atoms with van der Waals surface area (Å²) in [6.07, 6.45) is 2.08. The number of carbonyl (C=O) groups is 2. The molecule has 1 fully saturated rings. The predicted octanol–water partition coefficient (Wildman–Crippen LogP) is 3.14. The number of hydrogen-bond acceptors (Lipinski definition) is 12. The Morgan fingerprint density at radius 1 is 0.750 bits per heavy atom. The van der Waals surface area contributed by atoms with E-state index in [9.17, 15) is 31.5 Å². The number of nitrogens with one attached hydrogen (secondary N) is 1. The Kier molecular flexibility index (Phi) is 17.3. The van der Waals surface area contributed by atoms with Crippen molar-refractivity contribution >= 4 is 39.7 Å². The molecule has 3 aromatic rings. The summed E-state index contributed by atoms with van der Waals surface area (Å²) in [6, 6.07) is 15.8. The van der Waals surface area contributed by atoms with Crippen molar-refractivity contribution in [1.29, 1.82) is 0 Å². The Morgan fingerprint density at radius 3 is 1.67 bits per heavy atom. The smallest absolute Gasteiger partial charge is 0.466 e. The number of ether oxygens (including phenoxy) is 4. The summed E-state index contributed by atoms with van der Waals surface area (Å²) in [5.74, 6) is -0.802. The van der Waals surface area contributed by atoms with Gasteiger partial charge in [-0.25, -0.2) is 26.2 Å². The third-order valence-electron chi connectivity index (χ3n) is 9.62. The zero-order valence-corrected chi connectivity index (χ0v) is 36.4. The Balaban J connectivity index is 0.000000260. The number of fused-ring (bicyclic) bond motifs is 2. The molecule has 0 radical (unpaired) electrons. The summed E-state index contributed by atoms with van der Waals surface area (Å²) in [6.45, 7) is 11.7. The molecule has 0 bridgehead atoms. The quantitative estimate of drug-likeness (QED) is 0.146. The molecule has 0 saturated carbocycles. The van der Waals surface area contributed by atoms with Crippen molar-refractivity contribution in [2.45, 2.75) is 62.9 Å². The molecule has 60 heavy (non-hydrogen) atoms. The molecular weight excluding hydrogens is 848 g/mol. The fraction of sp³-hybridized carbons (Fsp3) is 0.474. The number of sulfonamides is 2. The Bertz CT molecular complexity index is 2210. The lowest BCUT2D eigenvalue weighted by Gasteiger charge is -2.26. The monoisotopic (exact) mass is 900 g/mol. The molecule has 0 spiro atoms. The number of carbonyl (C=O) groups excluding carboxylic acids is 1. The largest absolute Gasteiger partial charge is 0.486 e. The molecule has 0 aliphatic carbocycles. The van der Waals surface area contributed by atoms with Gasteiger partial charge in [0, 0.05) is 57.4 Å². The van der Waals surface area contributed by atoms with Crippen molar-refractivity contribution in [2.75, 3.05) is 65.7 Å². The van der Waals surface area contributed by atoms with Crippen LogP contribution in [0.1, 0.15) is 66.8 Å². The van der Waals surface area contributed by atoms with Gasteiger partial charge in [-0.3, -0.25) is 9.69 Å². The van der Waals surface area contributed by atoms with Gasteiger partial charge in [0.1, 0.15) is 32.0 Å². The molecule has 1 unspecified atom stereocenters. The van der Waals surface area contributed by atoms with Gasteiger partial charge < -0.3 is 44.1 Å². The summed E-state index contributed by atoms with van der Waals surface area (Å²) in [4.78, 5) is 48.4. The average Bonchev–Trinajstić information content (AvgIpc) is 3.66. The molecule has 3 aromatic carbocycles. The SMILES string of the molecule is CCN(CC)S(=O)(=O)c1cc2c(c(C(=O)NCC3CCCN3Cc3ccccc3)c1)OCCO2.CCN(CC)S(=O)(=O)c1cc2c(c(C(=O)O)c1)OCCO2.O=P(O)(O)O. The second kappa shape index (κ2) is 21.5. The van der Waals surface area contributed by atoms with Gasteiger partial charge in [0.25, 0.3) is 5.91 Å². The van der Waals surface area contributed by atoms with Crippen LogP contribution in [0, 0.1) is 0 Å². The van der Waals surface area contributed by atoms with E-state index in [1.165, 1.54) is 32.4 Å². The fourth-order valence-electron chi connectivity index (χ4n) is 6.77. The zero-order chi connectivity index (χ0) is 44.3. The first-order valence-corrected chi connectivity index (χ1v) is 23.7. The van der Waals surface area contributed by atoms with Crippen molar-refractivity contribution in [3.05, 3.63) is 71.3 Å². The molecule has 1 atom stereocenters. The first-order chi connectivity index (χ1) is 28.3. The van der Waals surface area contributed by atoms with Crippen molar-refractivity contribution < 1.29 is 69.7 Å². The molecule has 1 saturated heterocycles. The molecule has 0 aromatic heterocycles. The molecule has 3 aliphatic rings. The zero-order valence-electron chi connectivity index (χ0n) is 33.9. The molecule has 332 valence electrons. The predicted molar refractivity (Wildman–Crippen MR) is 219 cm³/mol. The maximum atomic E-state index is 13.3. The Morgan fingerprint density at radius 2 is 1.20 bits per heavy atom. The summed E-state index contributed by atoms with van der Waals surface area (Å²) in [5, 5.41) is 12.3. The first kappa shape index (κ1) is 48.4. The van der Waals surface area contributed by atoms with Crippen LogP contribution >= 0.6 is 7.82 Å². The van der Waals surface area contributed by atoms with Gasteiger partial charge >= 0.3 is 13.8 Å². The molecule has 1 amide bonds. The van der Waals surface area contributed by atoms with Crippen molar-refractivity contribution in [1.82, 2.24) is 18.8 Å². The lowest BCUT2D eigenvalue weighted by Crippen LogP contribution is -2.40. The second-order valence-corrected chi connectivity index (χ2v) is 18.4. The summed E-state index contributed by atoms with van der Waals surface area (Å²) in [5.41, 5.74) is 1.23. The van der Waals surface area contributed by atoms with E-state index < -0.39 is 33.8 Å². The highest BCUT2D eigenvalue weighted by Crippen LogP contribution is 2.39. The van der Waals surface area contributed by atoms with Crippen LogP contribution in [0.2, 0.25) is 0 Å². The highest BCUT2D eigenvalue weighted by atomic mass is 32.2. The van der Waals surface area contributed by atoms with Crippen molar-refractivity contribution in [3.8, 4) is 23.0 Å². The van der Waals surface area contributed by atoms with Gasteiger partial charge in [-0.2, -0.15) is 8.61 Å². The minimum atomic E-state index is -4.64. The number of hydrogen-bond donors (Lipinski definition) is 5. The normalized spacial score (nSPS) is 16.3. The number of aromatic carboxylic acids is 1. The van der Waals surface area contributed by atoms with E-state index >= 15 is 0 Å². The summed E-state index contributed by atoms with van der Waals surface area (Å²) in [7, 11) is -12.2. The van der Waals surface area contributed by atoms with Crippen molar-refractivity contribution in [2.24, 2.45) is 0 Å². The standard InChI is InChI=1S/C25H33N3O5S.C13H17NO6S.H3O4P/c1-3-28(4-2)34(30,31)21-15-22(24-23(16-21)32-13-14-33-24)25(29)26-17-20-11-8-12-27(20)18-19-9-6-5-7-10-19;1-3-14(4-2)21(17,18)9-7-10(13(15)16)12-11(8-9)19-5-6-20-12;1-5(2,3)4/h5-7,9-10,15-16,20H,3-4,8,11-14,17-18H2,1-2H3,(H,26,29);7-8H,3-6H2,1-2H3,(H,15,16);(H3,1,2,3,4). The number of nitrogens with zero attached hydrogens (tertiary/aromatic N) is 3. The lowest BCUT2D eigenvalue weighted by molar-refractivity contribution is 0.0685. The van der Waals surface area contributed by atoms with Crippen LogP contribution in [-0.4, -0.2) is 134 Å². The molecule has 3 heterocycles. The maximum absolute atomic E-state index is 13.3. The van der Waals surface area contributed by atoms with Crippen LogP contribution in [0.25, 0.3) is 0 Å². The van der Waals surface area contributed by atoms with Gasteiger partial charge in [-0.15, -0.1) is 0 Å². The van der Waals surface area contributed by atoms with Crippen LogP contribution in [0.3, 0.4) is 0 Å². The minimum Gasteiger partial charge on any atom is -0.486 e. The van der Waals surface area contributed by atoms with E-state index in [0.717, 1.165) is 32.0 Å². The topological polar surface area (TPSA) is 259 Å². The van der Waals surface area contributed by atoms with Gasteiger partial charge in [0.05, 0.1) is 15.4 Å². The minimum absolute atomic E-state index is 0.0390. The molecule has 6 rings (SSSR count).